The lowest BCUT2D eigenvalue weighted by Gasteiger charge is -2.25. The quantitative estimate of drug-likeness (QED) is 0.773. The third-order valence-corrected chi connectivity index (χ3v) is 5.40. The van der Waals surface area contributed by atoms with Crippen LogP contribution in [0.5, 0.6) is 0 Å². The second-order valence-electron chi connectivity index (χ2n) is 5.92. The van der Waals surface area contributed by atoms with E-state index < -0.39 is 0 Å². The molecule has 6 heteroatoms. The lowest BCUT2D eigenvalue weighted by Crippen LogP contribution is -2.34. The highest BCUT2D eigenvalue weighted by Crippen LogP contribution is 2.24. The molecule has 0 saturated carbocycles. The number of aryl methyl sites for hydroxylation is 1. The summed E-state index contributed by atoms with van der Waals surface area (Å²) in [5, 5.41) is 0. The van der Waals surface area contributed by atoms with Crippen LogP contribution in [0.15, 0.2) is 24.4 Å². The van der Waals surface area contributed by atoms with Gasteiger partial charge in [-0.05, 0) is 44.1 Å². The number of Topliss-reactive ketones (excluding diaryl/α,β-unsaturated/α-hetero) is 1. The number of likely N-dealkylation sites (tertiary alicyclic amines) is 1. The molecule has 4 nitrogen and oxygen atoms in total. The minimum Gasteiger partial charge on any atom is -0.347 e. The van der Waals surface area contributed by atoms with Crippen molar-refractivity contribution >= 4 is 34.5 Å². The Morgan fingerprint density at radius 2 is 1.96 bits per heavy atom. The van der Waals surface area contributed by atoms with Crippen molar-refractivity contribution in [2.45, 2.75) is 19.3 Å². The highest BCUT2D eigenvalue weighted by molar-refractivity contribution is 7.18. The van der Waals surface area contributed by atoms with E-state index in [2.05, 4.69) is 4.90 Å². The zero-order valence-electron chi connectivity index (χ0n) is 13.0. The molecular formula is C17H19ClN2O2S. The van der Waals surface area contributed by atoms with Crippen LogP contribution in [0.4, 0.5) is 0 Å². The maximum Gasteiger partial charge on any atom is 0.204 e. The molecule has 1 saturated heterocycles. The lowest BCUT2D eigenvalue weighted by atomic mass is 10.1. The number of hydrogen-bond acceptors (Lipinski definition) is 4. The first kappa shape index (κ1) is 16.4. The zero-order chi connectivity index (χ0) is 16.4. The van der Waals surface area contributed by atoms with E-state index in [1.807, 2.05) is 7.05 Å². The van der Waals surface area contributed by atoms with E-state index in [9.17, 15) is 9.59 Å². The Morgan fingerprint density at radius 3 is 2.61 bits per heavy atom. The van der Waals surface area contributed by atoms with Crippen molar-refractivity contribution in [2.24, 2.45) is 7.05 Å². The number of thiophene rings is 1. The second-order valence-corrected chi connectivity index (χ2v) is 7.63. The van der Waals surface area contributed by atoms with E-state index in [0.29, 0.717) is 27.0 Å². The van der Waals surface area contributed by atoms with Crippen molar-refractivity contribution in [1.29, 1.82) is 0 Å². The van der Waals surface area contributed by atoms with Crippen LogP contribution >= 0.6 is 22.9 Å². The van der Waals surface area contributed by atoms with E-state index in [0.717, 1.165) is 25.9 Å². The summed E-state index contributed by atoms with van der Waals surface area (Å²) in [6.07, 6.45) is 5.28. The lowest BCUT2D eigenvalue weighted by molar-refractivity contribution is 0.0907. The minimum absolute atomic E-state index is 0.0673. The summed E-state index contributed by atoms with van der Waals surface area (Å²) in [7, 11) is 1.81. The van der Waals surface area contributed by atoms with Crippen molar-refractivity contribution in [2.75, 3.05) is 19.6 Å². The first-order chi connectivity index (χ1) is 11.0. The van der Waals surface area contributed by atoms with Crippen LogP contribution < -0.4 is 0 Å². The second kappa shape index (κ2) is 6.99. The number of halogens is 1. The first-order valence-electron chi connectivity index (χ1n) is 7.76. The molecule has 0 bridgehead atoms. The topological polar surface area (TPSA) is 42.3 Å². The summed E-state index contributed by atoms with van der Waals surface area (Å²) < 4.78 is 2.33. The van der Waals surface area contributed by atoms with E-state index in [1.165, 1.54) is 17.8 Å². The summed E-state index contributed by atoms with van der Waals surface area (Å²) in [5.41, 5.74) is 1.12. The number of carbonyl (C=O) groups is 2. The SMILES string of the molecule is Cn1cc(C(=O)c2ccc(Cl)s2)cc1C(=O)CN1CCCCC1. The molecule has 0 radical (unpaired) electrons. The molecular weight excluding hydrogens is 332 g/mol. The van der Waals surface area contributed by atoms with Crippen LogP contribution in [0.3, 0.4) is 0 Å². The molecule has 0 amide bonds. The first-order valence-corrected chi connectivity index (χ1v) is 8.96. The van der Waals surface area contributed by atoms with Crippen LogP contribution in [0.1, 0.15) is 45.0 Å². The molecule has 3 rings (SSSR count). The van der Waals surface area contributed by atoms with Gasteiger partial charge in [0.05, 0.1) is 21.5 Å². The largest absolute Gasteiger partial charge is 0.347 e. The molecule has 1 fully saturated rings. The number of piperidine rings is 1. The molecule has 0 unspecified atom stereocenters. The molecule has 2 aromatic rings. The van der Waals surface area contributed by atoms with Crippen molar-refractivity contribution < 1.29 is 9.59 Å². The number of nitrogens with zero attached hydrogens (tertiary/aromatic N) is 2. The highest BCUT2D eigenvalue weighted by Gasteiger charge is 2.20. The van der Waals surface area contributed by atoms with Crippen LogP contribution in [-0.2, 0) is 7.05 Å². The molecule has 0 N–H and O–H groups in total. The summed E-state index contributed by atoms with van der Waals surface area (Å²) in [6, 6.07) is 5.13. The van der Waals surface area contributed by atoms with Crippen molar-refractivity contribution in [3.05, 3.63) is 44.9 Å². The Bertz CT molecular complexity index is 729. The molecule has 3 heterocycles. The average Bonchev–Trinajstić information content (AvgIpc) is 3.14. The summed E-state index contributed by atoms with van der Waals surface area (Å²) in [5.74, 6) is -0.0211. The normalized spacial score (nSPS) is 15.7. The molecule has 23 heavy (non-hydrogen) atoms. The number of rotatable bonds is 5. The summed E-state index contributed by atoms with van der Waals surface area (Å²) in [6.45, 7) is 2.39. The molecule has 0 aromatic carbocycles. The van der Waals surface area contributed by atoms with E-state index in [1.54, 1.807) is 29.0 Å². The van der Waals surface area contributed by atoms with Gasteiger partial charge in [-0.1, -0.05) is 18.0 Å². The van der Waals surface area contributed by atoms with Gasteiger partial charge in [0.15, 0.2) is 5.78 Å². The van der Waals surface area contributed by atoms with Gasteiger partial charge in [0.1, 0.15) is 0 Å². The predicted octanol–water partition coefficient (Wildman–Crippen LogP) is 3.64. The molecule has 1 aliphatic rings. The van der Waals surface area contributed by atoms with Crippen LogP contribution in [-0.4, -0.2) is 40.7 Å². The monoisotopic (exact) mass is 350 g/mol. The third-order valence-electron chi connectivity index (χ3n) is 4.17. The van der Waals surface area contributed by atoms with E-state index >= 15 is 0 Å². The van der Waals surface area contributed by atoms with Gasteiger partial charge in [-0.15, -0.1) is 11.3 Å². The van der Waals surface area contributed by atoms with Gasteiger partial charge in [-0.25, -0.2) is 0 Å². The fourth-order valence-corrected chi connectivity index (χ4v) is 3.95. The third kappa shape index (κ3) is 3.74. The maximum absolute atomic E-state index is 12.5. The van der Waals surface area contributed by atoms with Gasteiger partial charge in [0.2, 0.25) is 5.78 Å². The van der Waals surface area contributed by atoms with Crippen LogP contribution in [0, 0.1) is 0 Å². The fraction of sp³-hybridized carbons (Fsp3) is 0.412. The van der Waals surface area contributed by atoms with Crippen molar-refractivity contribution in [1.82, 2.24) is 9.47 Å². The van der Waals surface area contributed by atoms with Crippen molar-refractivity contribution in [3.63, 3.8) is 0 Å². The summed E-state index contributed by atoms with van der Waals surface area (Å²) >= 11 is 7.14. The molecule has 122 valence electrons. The fourth-order valence-electron chi connectivity index (χ4n) is 2.95. The maximum atomic E-state index is 12.5. The van der Waals surface area contributed by atoms with Gasteiger partial charge in [-0.2, -0.15) is 0 Å². The zero-order valence-corrected chi connectivity index (χ0v) is 14.6. The molecule has 0 spiro atoms. The van der Waals surface area contributed by atoms with Gasteiger partial charge in [0.25, 0.3) is 0 Å². The number of hydrogen-bond donors (Lipinski definition) is 0. The molecule has 0 atom stereocenters. The molecule has 2 aromatic heterocycles. The van der Waals surface area contributed by atoms with Gasteiger partial charge in [0, 0.05) is 18.8 Å². The number of aromatic nitrogens is 1. The van der Waals surface area contributed by atoms with Crippen molar-refractivity contribution in [3.8, 4) is 0 Å². The smallest absolute Gasteiger partial charge is 0.204 e. The van der Waals surface area contributed by atoms with Crippen LogP contribution in [0.2, 0.25) is 4.34 Å². The number of ketones is 2. The van der Waals surface area contributed by atoms with Crippen LogP contribution in [0.25, 0.3) is 0 Å². The Hall–Kier alpha value is -1.43. The molecule has 0 aliphatic carbocycles. The molecule has 1 aliphatic heterocycles. The highest BCUT2D eigenvalue weighted by atomic mass is 35.5. The number of carbonyl (C=O) groups excluding carboxylic acids is 2. The van der Waals surface area contributed by atoms with Gasteiger partial charge < -0.3 is 4.57 Å². The van der Waals surface area contributed by atoms with E-state index in [-0.39, 0.29) is 11.6 Å². The van der Waals surface area contributed by atoms with E-state index in [4.69, 9.17) is 11.6 Å². The average molecular weight is 351 g/mol. The minimum atomic E-state index is -0.0884. The Balaban J connectivity index is 1.74. The van der Waals surface area contributed by atoms with Gasteiger partial charge >= 0.3 is 0 Å². The Labute approximate surface area is 144 Å². The Morgan fingerprint density at radius 1 is 1.22 bits per heavy atom. The standard InChI is InChI=1S/C17H19ClN2O2S/c1-19-10-12(17(22)15-5-6-16(18)23-15)9-13(19)14(21)11-20-7-3-2-4-8-20/h5-6,9-10H,2-4,7-8,11H2,1H3. The Kier molecular flexibility index (Phi) is 4.99. The predicted molar refractivity (Wildman–Crippen MR) is 92.8 cm³/mol. The summed E-state index contributed by atoms with van der Waals surface area (Å²) in [4.78, 5) is 27.8. The van der Waals surface area contributed by atoms with Gasteiger partial charge in [-0.3, -0.25) is 14.5 Å².